The quantitative estimate of drug-likeness (QED) is 0.444. The summed E-state index contributed by atoms with van der Waals surface area (Å²) in [4.78, 5) is 13.6. The lowest BCUT2D eigenvalue weighted by atomic mass is 10.0. The van der Waals surface area contributed by atoms with Crippen molar-refractivity contribution in [3.8, 4) is 5.75 Å². The highest BCUT2D eigenvalue weighted by atomic mass is 19.4. The molecule has 0 bridgehead atoms. The van der Waals surface area contributed by atoms with E-state index >= 15 is 0 Å². The number of alkyl halides is 5. The van der Waals surface area contributed by atoms with Crippen LogP contribution in [0.15, 0.2) is 24.3 Å². The van der Waals surface area contributed by atoms with Gasteiger partial charge in [0.1, 0.15) is 5.75 Å². The van der Waals surface area contributed by atoms with Gasteiger partial charge in [0.25, 0.3) is 5.92 Å². The van der Waals surface area contributed by atoms with Crippen molar-refractivity contribution in [2.75, 3.05) is 32.9 Å². The molecule has 0 radical (unpaired) electrons. The van der Waals surface area contributed by atoms with Crippen LogP contribution in [0.3, 0.4) is 0 Å². The van der Waals surface area contributed by atoms with E-state index in [0.29, 0.717) is 26.3 Å². The van der Waals surface area contributed by atoms with Crippen molar-refractivity contribution in [2.45, 2.75) is 44.2 Å². The fraction of sp³-hybridized carbons (Fsp3) is 0.632. The number of hydrogen-bond acceptors (Lipinski definition) is 3. The van der Waals surface area contributed by atoms with Crippen molar-refractivity contribution in [1.29, 1.82) is 0 Å². The van der Waals surface area contributed by atoms with E-state index in [9.17, 15) is 26.7 Å². The second kappa shape index (κ2) is 10.0. The molecule has 0 saturated carbocycles. The first kappa shape index (κ1) is 22.4. The van der Waals surface area contributed by atoms with Gasteiger partial charge in [-0.15, -0.1) is 0 Å². The summed E-state index contributed by atoms with van der Waals surface area (Å²) < 4.78 is 75.5. The molecule has 4 nitrogen and oxygen atoms in total. The van der Waals surface area contributed by atoms with Crippen molar-refractivity contribution in [3.05, 3.63) is 29.8 Å². The summed E-state index contributed by atoms with van der Waals surface area (Å²) in [6.07, 6.45) is -5.94. The summed E-state index contributed by atoms with van der Waals surface area (Å²) in [6, 6.07) is 5.18. The highest BCUT2D eigenvalue weighted by molar-refractivity contribution is 5.76. The van der Waals surface area contributed by atoms with E-state index in [1.165, 1.54) is 18.2 Å². The molecule has 0 spiro atoms. The molecule has 9 heteroatoms. The van der Waals surface area contributed by atoms with Crippen LogP contribution in [-0.4, -0.2) is 49.9 Å². The zero-order valence-electron chi connectivity index (χ0n) is 15.4. The van der Waals surface area contributed by atoms with Gasteiger partial charge in [-0.1, -0.05) is 12.1 Å². The number of halogens is 5. The monoisotopic (exact) mass is 409 g/mol. The largest absolute Gasteiger partial charge is 0.494 e. The summed E-state index contributed by atoms with van der Waals surface area (Å²) in [7, 11) is 0. The molecule has 1 aliphatic heterocycles. The molecule has 0 unspecified atom stereocenters. The van der Waals surface area contributed by atoms with Gasteiger partial charge in [0.15, 0.2) is 0 Å². The van der Waals surface area contributed by atoms with Crippen molar-refractivity contribution in [1.82, 2.24) is 4.90 Å². The number of ether oxygens (including phenoxy) is 2. The van der Waals surface area contributed by atoms with E-state index in [1.807, 2.05) is 0 Å². The van der Waals surface area contributed by atoms with Gasteiger partial charge in [0.2, 0.25) is 5.91 Å². The summed E-state index contributed by atoms with van der Waals surface area (Å²) >= 11 is 0. The number of nitrogens with zero attached hydrogens (tertiary/aromatic N) is 1. The normalized spacial score (nSPS) is 15.5. The van der Waals surface area contributed by atoms with Crippen molar-refractivity contribution < 1.29 is 36.2 Å². The Morgan fingerprint density at radius 2 is 1.79 bits per heavy atom. The van der Waals surface area contributed by atoms with Crippen LogP contribution in [0.4, 0.5) is 22.0 Å². The van der Waals surface area contributed by atoms with Crippen LogP contribution in [0.2, 0.25) is 0 Å². The molecule has 1 aromatic rings. The predicted octanol–water partition coefficient (Wildman–Crippen LogP) is 4.53. The van der Waals surface area contributed by atoms with Crippen LogP contribution in [0.5, 0.6) is 5.75 Å². The summed E-state index contributed by atoms with van der Waals surface area (Å²) in [5, 5.41) is 0. The molecule has 158 valence electrons. The zero-order valence-corrected chi connectivity index (χ0v) is 15.4. The molecule has 1 amide bonds. The number of benzene rings is 1. The third-order valence-electron chi connectivity index (χ3n) is 4.37. The molecule has 1 aromatic carbocycles. The maximum Gasteiger partial charge on any atom is 0.389 e. The van der Waals surface area contributed by atoms with Crippen molar-refractivity contribution >= 4 is 5.91 Å². The van der Waals surface area contributed by atoms with E-state index in [2.05, 4.69) is 0 Å². The van der Waals surface area contributed by atoms with E-state index in [0.717, 1.165) is 6.07 Å². The van der Waals surface area contributed by atoms with Crippen LogP contribution < -0.4 is 4.74 Å². The van der Waals surface area contributed by atoms with E-state index in [4.69, 9.17) is 9.47 Å². The van der Waals surface area contributed by atoms with Gasteiger partial charge >= 0.3 is 6.18 Å². The van der Waals surface area contributed by atoms with Crippen molar-refractivity contribution in [3.63, 3.8) is 0 Å². The molecule has 1 saturated heterocycles. The van der Waals surface area contributed by atoms with Crippen LogP contribution in [0, 0.1) is 0 Å². The molecular formula is C19H24F5NO3. The second-order valence-corrected chi connectivity index (χ2v) is 6.65. The Morgan fingerprint density at radius 1 is 1.07 bits per heavy atom. The molecule has 1 heterocycles. The topological polar surface area (TPSA) is 38.8 Å². The number of carbonyl (C=O) groups excluding carboxylic acids is 1. The summed E-state index contributed by atoms with van der Waals surface area (Å²) in [5.74, 6) is -3.22. The fourth-order valence-electron chi connectivity index (χ4n) is 2.85. The lowest BCUT2D eigenvalue weighted by molar-refractivity contribution is -0.137. The third kappa shape index (κ3) is 7.61. The molecule has 1 aliphatic rings. The Morgan fingerprint density at radius 3 is 2.46 bits per heavy atom. The highest BCUT2D eigenvalue weighted by Gasteiger charge is 2.32. The zero-order chi connectivity index (χ0) is 20.6. The molecule has 0 atom stereocenters. The Hall–Kier alpha value is -1.90. The molecule has 1 fully saturated rings. The van der Waals surface area contributed by atoms with Gasteiger partial charge in [-0.05, 0) is 25.0 Å². The van der Waals surface area contributed by atoms with E-state index in [1.54, 1.807) is 4.90 Å². The van der Waals surface area contributed by atoms with Gasteiger partial charge in [-0.3, -0.25) is 4.79 Å². The van der Waals surface area contributed by atoms with Crippen LogP contribution in [-0.2, 0) is 15.5 Å². The first-order valence-corrected chi connectivity index (χ1v) is 9.21. The van der Waals surface area contributed by atoms with E-state index < -0.39 is 24.9 Å². The van der Waals surface area contributed by atoms with E-state index in [-0.39, 0.29) is 43.1 Å². The highest BCUT2D eigenvalue weighted by Crippen LogP contribution is 2.35. The van der Waals surface area contributed by atoms with Gasteiger partial charge < -0.3 is 14.4 Å². The number of hydrogen-bond donors (Lipinski definition) is 0. The Balaban J connectivity index is 1.80. The van der Waals surface area contributed by atoms with Crippen LogP contribution in [0.25, 0.3) is 0 Å². The minimum atomic E-state index is -4.27. The minimum Gasteiger partial charge on any atom is -0.494 e. The Labute approximate surface area is 160 Å². The average molecular weight is 409 g/mol. The number of carbonyl (C=O) groups is 1. The molecular weight excluding hydrogens is 385 g/mol. The maximum atomic E-state index is 14.4. The maximum absolute atomic E-state index is 14.4. The molecule has 0 aliphatic carbocycles. The number of morpholine rings is 1. The van der Waals surface area contributed by atoms with Crippen molar-refractivity contribution in [2.24, 2.45) is 0 Å². The summed E-state index contributed by atoms with van der Waals surface area (Å²) in [6.45, 7) is 1.66. The van der Waals surface area contributed by atoms with Crippen LogP contribution >= 0.6 is 0 Å². The average Bonchev–Trinajstić information content (AvgIpc) is 2.65. The molecule has 28 heavy (non-hydrogen) atoms. The minimum absolute atomic E-state index is 0.0276. The SMILES string of the molecule is O=C(CCCC(F)(F)c1cccc(OCCCC(F)(F)F)c1)N1CCOCC1. The van der Waals surface area contributed by atoms with Gasteiger partial charge in [0.05, 0.1) is 19.8 Å². The first-order valence-electron chi connectivity index (χ1n) is 9.21. The van der Waals surface area contributed by atoms with Gasteiger partial charge in [-0.2, -0.15) is 13.2 Å². The first-order chi connectivity index (χ1) is 13.2. The molecule has 0 aromatic heterocycles. The number of amides is 1. The Kier molecular flexibility index (Phi) is 8.03. The van der Waals surface area contributed by atoms with Gasteiger partial charge in [-0.25, -0.2) is 8.78 Å². The lowest BCUT2D eigenvalue weighted by Crippen LogP contribution is -2.40. The molecule has 2 rings (SSSR count). The number of rotatable bonds is 9. The lowest BCUT2D eigenvalue weighted by Gasteiger charge is -2.27. The van der Waals surface area contributed by atoms with Gasteiger partial charge in [0, 0.05) is 37.9 Å². The smallest absolute Gasteiger partial charge is 0.389 e. The standard InChI is InChI=1S/C19H24F5NO3/c20-18(21,7-2-6-17(26)25-9-12-27-13-10-25)15-4-1-5-16(14-15)28-11-3-8-19(22,23)24/h1,4-5,14H,2-3,6-13H2. The fourth-order valence-corrected chi connectivity index (χ4v) is 2.85. The molecule has 0 N–H and O–H groups in total. The third-order valence-corrected chi connectivity index (χ3v) is 4.37. The Bertz CT molecular complexity index is 630. The van der Waals surface area contributed by atoms with Crippen LogP contribution in [0.1, 0.15) is 37.7 Å². The predicted molar refractivity (Wildman–Crippen MR) is 92.4 cm³/mol. The summed E-state index contributed by atoms with van der Waals surface area (Å²) in [5.41, 5.74) is -0.278. The second-order valence-electron chi connectivity index (χ2n) is 6.65.